The first-order chi connectivity index (χ1) is 12.6. The summed E-state index contributed by atoms with van der Waals surface area (Å²) in [6.07, 6.45) is 1.46. The average molecular weight is 347 g/mol. The van der Waals surface area contributed by atoms with Crippen LogP contribution in [0.3, 0.4) is 0 Å². The molecule has 0 bridgehead atoms. The zero-order valence-corrected chi connectivity index (χ0v) is 13.8. The van der Waals surface area contributed by atoms with Gasteiger partial charge in [0, 0.05) is 5.69 Å². The van der Waals surface area contributed by atoms with E-state index in [-0.39, 0.29) is 18.0 Å². The Bertz CT molecular complexity index is 965. The number of hydrogen-bond acceptors (Lipinski definition) is 4. The monoisotopic (exact) mass is 347 g/mol. The van der Waals surface area contributed by atoms with Crippen LogP contribution in [0.15, 0.2) is 71.8 Å². The minimum Gasteiger partial charge on any atom is -0.478 e. The lowest BCUT2D eigenvalue weighted by molar-refractivity contribution is -0.119. The van der Waals surface area contributed by atoms with Crippen molar-refractivity contribution in [2.75, 3.05) is 11.9 Å². The molecule has 0 saturated heterocycles. The van der Waals surface area contributed by atoms with Gasteiger partial charge in [-0.3, -0.25) is 4.79 Å². The van der Waals surface area contributed by atoms with E-state index < -0.39 is 5.97 Å². The minimum absolute atomic E-state index is 0.0909. The highest BCUT2D eigenvalue weighted by molar-refractivity contribution is 5.90. The first kappa shape index (κ1) is 17.2. The molecule has 3 aromatic rings. The Labute approximate surface area is 150 Å². The predicted molar refractivity (Wildman–Crippen MR) is 102 cm³/mol. The number of aromatic carboxylic acids is 1. The van der Waals surface area contributed by atoms with Gasteiger partial charge in [0.25, 0.3) is 5.91 Å². The summed E-state index contributed by atoms with van der Waals surface area (Å²) in [7, 11) is 0. The molecule has 0 spiro atoms. The van der Waals surface area contributed by atoms with Crippen LogP contribution in [0.4, 0.5) is 5.69 Å². The first-order valence-electron chi connectivity index (χ1n) is 8.00. The molecule has 0 aliphatic heterocycles. The molecule has 0 saturated carbocycles. The zero-order valence-electron chi connectivity index (χ0n) is 13.8. The van der Waals surface area contributed by atoms with Crippen molar-refractivity contribution in [3.05, 3.63) is 77.9 Å². The number of amides is 1. The predicted octanol–water partition coefficient (Wildman–Crippen LogP) is 3.10. The number of carbonyl (C=O) groups is 2. The van der Waals surface area contributed by atoms with Crippen LogP contribution in [0.5, 0.6) is 0 Å². The summed E-state index contributed by atoms with van der Waals surface area (Å²) in [5.41, 5.74) is 4.17. The summed E-state index contributed by atoms with van der Waals surface area (Å²) in [4.78, 5) is 22.6. The third kappa shape index (κ3) is 4.45. The van der Waals surface area contributed by atoms with Gasteiger partial charge in [0.05, 0.1) is 18.3 Å². The fourth-order valence-electron chi connectivity index (χ4n) is 2.41. The van der Waals surface area contributed by atoms with Crippen LogP contribution >= 0.6 is 0 Å². The van der Waals surface area contributed by atoms with E-state index in [0.717, 1.165) is 16.5 Å². The van der Waals surface area contributed by atoms with E-state index in [4.69, 9.17) is 5.11 Å². The maximum absolute atomic E-state index is 11.8. The summed E-state index contributed by atoms with van der Waals surface area (Å²) in [6, 6.07) is 20.1. The number of benzene rings is 3. The SMILES string of the molecule is O=C(CNc1ccc2ccccc2c1)N/N=C\c1ccc(C(=O)O)cc1. The van der Waals surface area contributed by atoms with E-state index in [0.29, 0.717) is 5.56 Å². The number of nitrogens with zero attached hydrogens (tertiary/aromatic N) is 1. The molecule has 1 amide bonds. The topological polar surface area (TPSA) is 90.8 Å². The van der Waals surface area contributed by atoms with E-state index in [2.05, 4.69) is 15.8 Å². The highest BCUT2D eigenvalue weighted by Gasteiger charge is 2.02. The van der Waals surface area contributed by atoms with Crippen molar-refractivity contribution in [2.24, 2.45) is 5.10 Å². The Morgan fingerprint density at radius 1 is 0.962 bits per heavy atom. The molecular formula is C20H17N3O3. The smallest absolute Gasteiger partial charge is 0.335 e. The highest BCUT2D eigenvalue weighted by Crippen LogP contribution is 2.18. The second kappa shape index (κ2) is 7.94. The van der Waals surface area contributed by atoms with Crippen molar-refractivity contribution in [2.45, 2.75) is 0 Å². The number of carboxylic acid groups (broad SMARTS) is 1. The molecule has 3 aromatic carbocycles. The van der Waals surface area contributed by atoms with Crippen molar-refractivity contribution < 1.29 is 14.7 Å². The van der Waals surface area contributed by atoms with E-state index in [9.17, 15) is 9.59 Å². The molecule has 0 aliphatic carbocycles. The molecule has 0 unspecified atom stereocenters. The Kier molecular flexibility index (Phi) is 5.24. The van der Waals surface area contributed by atoms with Crippen molar-refractivity contribution in [1.82, 2.24) is 5.43 Å². The van der Waals surface area contributed by atoms with Crippen LogP contribution in [0.25, 0.3) is 10.8 Å². The maximum Gasteiger partial charge on any atom is 0.335 e. The van der Waals surface area contributed by atoms with Gasteiger partial charge in [0.1, 0.15) is 0 Å². The molecule has 6 nitrogen and oxygen atoms in total. The third-order valence-corrected chi connectivity index (χ3v) is 3.76. The number of hydrazone groups is 1. The quantitative estimate of drug-likeness (QED) is 0.472. The maximum atomic E-state index is 11.8. The normalized spacial score (nSPS) is 10.8. The molecule has 130 valence electrons. The fraction of sp³-hybridized carbons (Fsp3) is 0.0500. The molecule has 3 N–H and O–H groups in total. The molecule has 26 heavy (non-hydrogen) atoms. The van der Waals surface area contributed by atoms with Crippen LogP contribution < -0.4 is 10.7 Å². The van der Waals surface area contributed by atoms with Gasteiger partial charge in [-0.05, 0) is 40.6 Å². The lowest BCUT2D eigenvalue weighted by Crippen LogP contribution is -2.25. The first-order valence-corrected chi connectivity index (χ1v) is 8.00. The van der Waals surface area contributed by atoms with Crippen molar-refractivity contribution in [3.63, 3.8) is 0 Å². The number of carbonyl (C=O) groups excluding carboxylic acids is 1. The van der Waals surface area contributed by atoms with Gasteiger partial charge in [-0.25, -0.2) is 10.2 Å². The van der Waals surface area contributed by atoms with E-state index in [1.54, 1.807) is 12.1 Å². The van der Waals surface area contributed by atoms with Gasteiger partial charge in [0.2, 0.25) is 0 Å². The van der Waals surface area contributed by atoms with Gasteiger partial charge < -0.3 is 10.4 Å². The molecule has 0 aliphatic rings. The Balaban J connectivity index is 1.51. The summed E-state index contributed by atoms with van der Waals surface area (Å²) < 4.78 is 0. The molecule has 6 heteroatoms. The van der Waals surface area contributed by atoms with Crippen molar-refractivity contribution >= 4 is 34.6 Å². The second-order valence-electron chi connectivity index (χ2n) is 5.64. The molecular weight excluding hydrogens is 330 g/mol. The summed E-state index contributed by atoms with van der Waals surface area (Å²) in [6.45, 7) is 0.0909. The molecule has 0 atom stereocenters. The Morgan fingerprint density at radius 2 is 1.69 bits per heavy atom. The van der Waals surface area contributed by atoms with Gasteiger partial charge in [-0.15, -0.1) is 0 Å². The van der Waals surface area contributed by atoms with Crippen LogP contribution in [0, 0.1) is 0 Å². The standard InChI is InChI=1S/C20H17N3O3/c24-19(23-22-12-14-5-7-16(8-6-14)20(25)26)13-21-18-10-9-15-3-1-2-4-17(15)11-18/h1-12,21H,13H2,(H,23,24)(H,25,26)/b22-12-. The largest absolute Gasteiger partial charge is 0.478 e. The third-order valence-electron chi connectivity index (χ3n) is 3.76. The number of hydrogen-bond donors (Lipinski definition) is 3. The zero-order chi connectivity index (χ0) is 18.4. The lowest BCUT2D eigenvalue weighted by atomic mass is 10.1. The van der Waals surface area contributed by atoms with Gasteiger partial charge >= 0.3 is 5.97 Å². The summed E-state index contributed by atoms with van der Waals surface area (Å²) in [5, 5.41) is 18.0. The van der Waals surface area contributed by atoms with Crippen LogP contribution in [0.1, 0.15) is 15.9 Å². The summed E-state index contributed by atoms with van der Waals surface area (Å²) in [5.74, 6) is -1.27. The molecule has 0 radical (unpaired) electrons. The van der Waals surface area contributed by atoms with Crippen LogP contribution in [-0.4, -0.2) is 29.7 Å². The molecule has 0 fully saturated rings. The second-order valence-corrected chi connectivity index (χ2v) is 5.64. The number of anilines is 1. The van der Waals surface area contributed by atoms with E-state index in [1.165, 1.54) is 18.3 Å². The molecule has 3 rings (SSSR count). The number of rotatable bonds is 6. The minimum atomic E-state index is -0.985. The van der Waals surface area contributed by atoms with E-state index in [1.807, 2.05) is 42.5 Å². The van der Waals surface area contributed by atoms with Crippen LogP contribution in [0.2, 0.25) is 0 Å². The average Bonchev–Trinajstić information content (AvgIpc) is 2.66. The highest BCUT2D eigenvalue weighted by atomic mass is 16.4. The number of carboxylic acids is 1. The van der Waals surface area contributed by atoms with Gasteiger partial charge in [-0.1, -0.05) is 42.5 Å². The van der Waals surface area contributed by atoms with Crippen LogP contribution in [-0.2, 0) is 4.79 Å². The summed E-state index contributed by atoms with van der Waals surface area (Å²) >= 11 is 0. The lowest BCUT2D eigenvalue weighted by Gasteiger charge is -2.06. The number of fused-ring (bicyclic) bond motifs is 1. The molecule has 0 heterocycles. The Morgan fingerprint density at radius 3 is 2.42 bits per heavy atom. The molecule has 0 aromatic heterocycles. The van der Waals surface area contributed by atoms with Gasteiger partial charge in [0.15, 0.2) is 0 Å². The Hall–Kier alpha value is -3.67. The van der Waals surface area contributed by atoms with Crippen molar-refractivity contribution in [1.29, 1.82) is 0 Å². The van der Waals surface area contributed by atoms with Gasteiger partial charge in [-0.2, -0.15) is 5.10 Å². The number of nitrogens with one attached hydrogen (secondary N) is 2. The van der Waals surface area contributed by atoms with E-state index >= 15 is 0 Å². The fourth-order valence-corrected chi connectivity index (χ4v) is 2.41. The van der Waals surface area contributed by atoms with Crippen molar-refractivity contribution in [3.8, 4) is 0 Å².